The first-order valence-corrected chi connectivity index (χ1v) is 11.2. The van der Waals surface area contributed by atoms with Gasteiger partial charge in [0.15, 0.2) is 5.65 Å². The first-order valence-electron chi connectivity index (χ1n) is 11.2. The van der Waals surface area contributed by atoms with E-state index in [0.29, 0.717) is 29.1 Å². The number of benzene rings is 3. The number of nitrogens with zero attached hydrogens (tertiary/aromatic N) is 5. The van der Waals surface area contributed by atoms with Crippen molar-refractivity contribution in [2.45, 2.75) is 20.3 Å². The molecule has 1 N–H and O–H groups in total. The molecule has 0 amide bonds. The number of fused-ring (bicyclic) bond motifs is 3. The van der Waals surface area contributed by atoms with Crippen molar-refractivity contribution in [3.05, 3.63) is 110 Å². The Balaban J connectivity index is 1.82. The Hall–Kier alpha value is -5.21. The van der Waals surface area contributed by atoms with Crippen LogP contribution in [0.5, 0.6) is 0 Å². The maximum absolute atomic E-state index is 11.3. The highest BCUT2D eigenvalue weighted by atomic mass is 16.6. The predicted molar refractivity (Wildman–Crippen MR) is 137 cm³/mol. The summed E-state index contributed by atoms with van der Waals surface area (Å²) < 4.78 is 1.90. The van der Waals surface area contributed by atoms with Crippen LogP contribution in [0, 0.1) is 46.6 Å². The van der Waals surface area contributed by atoms with Crippen LogP contribution in [0.15, 0.2) is 66.7 Å². The molecule has 0 spiro atoms. The molecular weight excluding hydrogens is 452 g/mol. The minimum atomic E-state index is -0.527. The summed E-state index contributed by atoms with van der Waals surface area (Å²) in [5.41, 5.74) is 6.78. The monoisotopic (exact) mass is 472 g/mol. The van der Waals surface area contributed by atoms with Crippen LogP contribution in [0.4, 0.5) is 17.2 Å². The van der Waals surface area contributed by atoms with Crippen LogP contribution < -0.4 is 5.32 Å². The van der Waals surface area contributed by atoms with E-state index in [0.717, 1.165) is 33.3 Å². The number of nitro benzene ring substituents is 1. The molecule has 0 saturated carbocycles. The lowest BCUT2D eigenvalue weighted by molar-refractivity contribution is -0.384. The molecule has 8 nitrogen and oxygen atoms in total. The van der Waals surface area contributed by atoms with Gasteiger partial charge in [-0.05, 0) is 43.2 Å². The highest BCUT2D eigenvalue weighted by molar-refractivity contribution is 5.87. The smallest absolute Gasteiger partial charge is 0.270 e. The summed E-state index contributed by atoms with van der Waals surface area (Å²) in [7, 11) is 0. The molecule has 0 aliphatic rings. The third kappa shape index (κ3) is 3.77. The van der Waals surface area contributed by atoms with Gasteiger partial charge in [0.05, 0.1) is 32.8 Å². The number of hydrogen-bond donors (Lipinski definition) is 1. The fourth-order valence-electron chi connectivity index (χ4n) is 4.42. The van der Waals surface area contributed by atoms with Gasteiger partial charge in [0.25, 0.3) is 5.69 Å². The van der Waals surface area contributed by atoms with Crippen LogP contribution in [-0.4, -0.2) is 14.3 Å². The zero-order valence-electron chi connectivity index (χ0n) is 19.6. The minimum Gasteiger partial charge on any atom is -0.340 e. The zero-order valence-corrected chi connectivity index (χ0v) is 19.6. The third-order valence-electron chi connectivity index (χ3n) is 6.32. The minimum absolute atomic E-state index is 0.144. The average Bonchev–Trinajstić information content (AvgIpc) is 3.26. The molecule has 0 aliphatic heterocycles. The standard InChI is InChI=1S/C28H20N6O2/c1-17-7-9-19(10-8-17)13-22-18(2)23(16-30)28-32-25-5-3-4-6-26(25)33(28)27(22)31-24-12-11-21(34(35)36)14-20(24)15-29/h3-12,14,31H,13H2,1-2H3. The van der Waals surface area contributed by atoms with Gasteiger partial charge >= 0.3 is 0 Å². The van der Waals surface area contributed by atoms with E-state index in [1.807, 2.05) is 66.8 Å². The third-order valence-corrected chi connectivity index (χ3v) is 6.32. The molecule has 0 atom stereocenters. The summed E-state index contributed by atoms with van der Waals surface area (Å²) in [4.78, 5) is 15.5. The lowest BCUT2D eigenvalue weighted by Crippen LogP contribution is -2.09. The van der Waals surface area contributed by atoms with Crippen molar-refractivity contribution >= 4 is 33.9 Å². The molecule has 36 heavy (non-hydrogen) atoms. The van der Waals surface area contributed by atoms with Crippen molar-refractivity contribution in [3.63, 3.8) is 0 Å². The number of aryl methyl sites for hydroxylation is 1. The summed E-state index contributed by atoms with van der Waals surface area (Å²) >= 11 is 0. The Kier molecular flexibility index (Phi) is 5.56. The Bertz CT molecular complexity index is 1750. The summed E-state index contributed by atoms with van der Waals surface area (Å²) in [5.74, 6) is 0.654. The number of nitrogens with one attached hydrogen (secondary N) is 1. The van der Waals surface area contributed by atoms with Crippen molar-refractivity contribution in [3.8, 4) is 12.1 Å². The Morgan fingerprint density at radius 1 is 1.03 bits per heavy atom. The van der Waals surface area contributed by atoms with Crippen LogP contribution >= 0.6 is 0 Å². The van der Waals surface area contributed by atoms with Crippen LogP contribution in [0.25, 0.3) is 16.7 Å². The lowest BCUT2D eigenvalue weighted by atomic mass is 9.97. The summed E-state index contributed by atoms with van der Waals surface area (Å²) in [6, 6.07) is 24.3. The molecule has 0 aliphatic carbocycles. The van der Waals surface area contributed by atoms with Gasteiger partial charge < -0.3 is 5.32 Å². The maximum atomic E-state index is 11.3. The number of pyridine rings is 1. The fourth-order valence-corrected chi connectivity index (χ4v) is 4.42. The van der Waals surface area contributed by atoms with Gasteiger partial charge in [-0.2, -0.15) is 10.5 Å². The van der Waals surface area contributed by atoms with Gasteiger partial charge in [-0.3, -0.25) is 14.5 Å². The molecular formula is C28H20N6O2. The van der Waals surface area contributed by atoms with Crippen LogP contribution in [0.1, 0.15) is 33.4 Å². The van der Waals surface area contributed by atoms with Gasteiger partial charge in [0, 0.05) is 24.1 Å². The molecule has 2 aromatic heterocycles. The van der Waals surface area contributed by atoms with E-state index in [9.17, 15) is 20.6 Å². The van der Waals surface area contributed by atoms with Gasteiger partial charge in [-0.25, -0.2) is 4.98 Å². The molecule has 174 valence electrons. The predicted octanol–water partition coefficient (Wildman–Crippen LogP) is 6.09. The summed E-state index contributed by atoms with van der Waals surface area (Å²) in [6.07, 6.45) is 0.528. The normalized spacial score (nSPS) is 10.8. The van der Waals surface area contributed by atoms with E-state index in [1.54, 1.807) is 0 Å². The highest BCUT2D eigenvalue weighted by Crippen LogP contribution is 2.35. The van der Waals surface area contributed by atoms with E-state index in [1.165, 1.54) is 18.2 Å². The van der Waals surface area contributed by atoms with Crippen LogP contribution in [0.2, 0.25) is 0 Å². The molecule has 5 aromatic rings. The number of hydrogen-bond acceptors (Lipinski definition) is 6. The molecule has 0 bridgehead atoms. The Labute approximate surface area is 206 Å². The molecule has 5 rings (SSSR count). The van der Waals surface area contributed by atoms with Crippen molar-refractivity contribution in [1.29, 1.82) is 10.5 Å². The number of anilines is 2. The molecule has 0 unspecified atom stereocenters. The van der Waals surface area contributed by atoms with E-state index in [4.69, 9.17) is 4.98 Å². The number of non-ortho nitro benzene ring substituents is 1. The number of nitriles is 2. The van der Waals surface area contributed by atoms with Gasteiger partial charge in [0.1, 0.15) is 18.0 Å². The van der Waals surface area contributed by atoms with Crippen molar-refractivity contribution in [2.24, 2.45) is 0 Å². The SMILES string of the molecule is Cc1ccc(Cc2c(C)c(C#N)c3nc4ccccc4n3c2Nc2ccc([N+](=O)[O-])cc2C#N)cc1. The van der Waals surface area contributed by atoms with E-state index < -0.39 is 4.92 Å². The van der Waals surface area contributed by atoms with Crippen molar-refractivity contribution < 1.29 is 4.92 Å². The lowest BCUT2D eigenvalue weighted by Gasteiger charge is -2.19. The number of para-hydroxylation sites is 2. The molecule has 3 aromatic carbocycles. The van der Waals surface area contributed by atoms with Gasteiger partial charge in [-0.15, -0.1) is 0 Å². The zero-order chi connectivity index (χ0) is 25.4. The van der Waals surface area contributed by atoms with Crippen molar-refractivity contribution in [1.82, 2.24) is 9.38 Å². The Morgan fingerprint density at radius 3 is 2.47 bits per heavy atom. The van der Waals surface area contributed by atoms with Gasteiger partial charge in [-0.1, -0.05) is 42.0 Å². The van der Waals surface area contributed by atoms with Crippen LogP contribution in [-0.2, 0) is 6.42 Å². The number of imidazole rings is 1. The molecule has 0 fully saturated rings. The van der Waals surface area contributed by atoms with Crippen molar-refractivity contribution in [2.75, 3.05) is 5.32 Å². The second-order valence-electron chi connectivity index (χ2n) is 8.58. The quantitative estimate of drug-likeness (QED) is 0.244. The molecule has 0 radical (unpaired) electrons. The fraction of sp³-hybridized carbons (Fsp3) is 0.107. The molecule has 0 saturated heterocycles. The maximum Gasteiger partial charge on any atom is 0.270 e. The Morgan fingerprint density at radius 2 is 1.78 bits per heavy atom. The second kappa shape index (κ2) is 8.86. The largest absolute Gasteiger partial charge is 0.340 e. The first-order chi connectivity index (χ1) is 17.4. The number of aromatic nitrogens is 2. The topological polar surface area (TPSA) is 120 Å². The number of rotatable bonds is 5. The highest BCUT2D eigenvalue weighted by Gasteiger charge is 2.22. The summed E-state index contributed by atoms with van der Waals surface area (Å²) in [5, 5.41) is 34.4. The van der Waals surface area contributed by atoms with E-state index in [-0.39, 0.29) is 11.3 Å². The van der Waals surface area contributed by atoms with E-state index in [2.05, 4.69) is 17.5 Å². The summed E-state index contributed by atoms with van der Waals surface area (Å²) in [6.45, 7) is 3.92. The van der Waals surface area contributed by atoms with Crippen LogP contribution in [0.3, 0.4) is 0 Å². The average molecular weight is 473 g/mol. The molecule has 2 heterocycles. The first kappa shape index (κ1) is 22.6. The van der Waals surface area contributed by atoms with Gasteiger partial charge in [0.2, 0.25) is 0 Å². The molecule has 8 heteroatoms. The van der Waals surface area contributed by atoms with E-state index >= 15 is 0 Å². The second-order valence-corrected chi connectivity index (χ2v) is 8.58. The number of nitro groups is 1.